The minimum Gasteiger partial charge on any atom is -0.492 e. The molecule has 3 rings (SSSR count). The largest absolute Gasteiger partial charge is 0.492 e. The van der Waals surface area contributed by atoms with Gasteiger partial charge in [-0.3, -0.25) is 4.79 Å². The molecule has 0 amide bonds. The van der Waals surface area contributed by atoms with E-state index in [1.165, 1.54) is 0 Å². The van der Waals surface area contributed by atoms with Gasteiger partial charge in [-0.2, -0.15) is 0 Å². The fourth-order valence-corrected chi connectivity index (χ4v) is 3.53. The molecule has 0 heterocycles. The zero-order valence-corrected chi connectivity index (χ0v) is 15.7. The zero-order chi connectivity index (χ0) is 18.8. The van der Waals surface area contributed by atoms with E-state index >= 15 is 0 Å². The Morgan fingerprint density at radius 2 is 1.88 bits per heavy atom. The molecule has 0 spiro atoms. The average Bonchev–Trinajstić information content (AvgIpc) is 2.85. The molecule has 0 saturated carbocycles. The third-order valence-corrected chi connectivity index (χ3v) is 4.87. The van der Waals surface area contributed by atoms with Gasteiger partial charge in [0.05, 0.1) is 20.8 Å². The average molecular weight is 355 g/mol. The van der Waals surface area contributed by atoms with Crippen LogP contribution in [0, 0.1) is 6.92 Å². The summed E-state index contributed by atoms with van der Waals surface area (Å²) >= 11 is 0. The summed E-state index contributed by atoms with van der Waals surface area (Å²) in [5.74, 6) is 1.82. The Hall–Kier alpha value is -2.53. The van der Waals surface area contributed by atoms with Gasteiger partial charge in [0.1, 0.15) is 0 Å². The molecule has 5 heteroatoms. The van der Waals surface area contributed by atoms with E-state index in [2.05, 4.69) is 0 Å². The maximum Gasteiger partial charge on any atom is 0.203 e. The summed E-state index contributed by atoms with van der Waals surface area (Å²) in [6.07, 6.45) is 1.51. The lowest BCUT2D eigenvalue weighted by atomic mass is 9.95. The van der Waals surface area contributed by atoms with E-state index in [1.54, 1.807) is 20.3 Å². The number of benzene rings is 1. The quantitative estimate of drug-likeness (QED) is 0.910. The normalized spacial score (nSPS) is 15.5. The van der Waals surface area contributed by atoms with Crippen LogP contribution in [0.3, 0.4) is 0 Å². The van der Waals surface area contributed by atoms with E-state index in [0.29, 0.717) is 29.4 Å². The Morgan fingerprint density at radius 1 is 1.15 bits per heavy atom. The summed E-state index contributed by atoms with van der Waals surface area (Å²) in [6.45, 7) is 4.27. The van der Waals surface area contributed by atoms with Crippen molar-refractivity contribution >= 4 is 0 Å². The molecule has 138 valence electrons. The Morgan fingerprint density at radius 3 is 2.54 bits per heavy atom. The summed E-state index contributed by atoms with van der Waals surface area (Å²) in [5, 5.41) is 0. The van der Waals surface area contributed by atoms with E-state index < -0.39 is 0 Å². The van der Waals surface area contributed by atoms with Crippen LogP contribution in [0.2, 0.25) is 0 Å². The van der Waals surface area contributed by atoms with Gasteiger partial charge in [-0.1, -0.05) is 12.1 Å². The number of fused-ring (bicyclic) bond motifs is 3. The fourth-order valence-electron chi connectivity index (χ4n) is 3.53. The highest BCUT2D eigenvalue weighted by atomic mass is 16.5. The molecule has 26 heavy (non-hydrogen) atoms. The van der Waals surface area contributed by atoms with Crippen molar-refractivity contribution in [1.29, 1.82) is 0 Å². The second-order valence-electron chi connectivity index (χ2n) is 6.45. The molecule has 2 aromatic rings. The maximum absolute atomic E-state index is 12.3. The monoisotopic (exact) mass is 355 g/mol. The molecule has 1 aliphatic rings. The summed E-state index contributed by atoms with van der Waals surface area (Å²) in [6, 6.07) is 7.24. The third kappa shape index (κ3) is 3.03. The number of ether oxygens (including phenoxy) is 3. The second-order valence-corrected chi connectivity index (χ2v) is 6.45. The molecule has 1 atom stereocenters. The third-order valence-electron chi connectivity index (χ3n) is 4.87. The highest BCUT2D eigenvalue weighted by Crippen LogP contribution is 2.49. The zero-order valence-electron chi connectivity index (χ0n) is 15.7. The van der Waals surface area contributed by atoms with Crippen molar-refractivity contribution in [2.24, 2.45) is 5.73 Å². The minimum absolute atomic E-state index is 0.0120. The molecule has 0 fully saturated rings. The van der Waals surface area contributed by atoms with Crippen LogP contribution < -0.4 is 25.4 Å². The van der Waals surface area contributed by atoms with Crippen LogP contribution in [-0.2, 0) is 6.42 Å². The summed E-state index contributed by atoms with van der Waals surface area (Å²) in [7, 11) is 3.21. The first-order valence-corrected chi connectivity index (χ1v) is 8.83. The first-order chi connectivity index (χ1) is 12.5. The van der Waals surface area contributed by atoms with Crippen molar-refractivity contribution in [1.82, 2.24) is 0 Å². The topological polar surface area (TPSA) is 70.8 Å². The number of methoxy groups -OCH3 is 2. The number of rotatable bonds is 4. The smallest absolute Gasteiger partial charge is 0.203 e. The molecule has 0 aromatic heterocycles. The summed E-state index contributed by atoms with van der Waals surface area (Å²) in [4.78, 5) is 12.3. The van der Waals surface area contributed by atoms with Crippen molar-refractivity contribution in [3.05, 3.63) is 51.2 Å². The molecule has 0 saturated heterocycles. The van der Waals surface area contributed by atoms with Crippen LogP contribution in [0.1, 0.15) is 36.1 Å². The first-order valence-electron chi connectivity index (χ1n) is 8.83. The molecule has 0 bridgehead atoms. The highest BCUT2D eigenvalue weighted by Gasteiger charge is 2.27. The van der Waals surface area contributed by atoms with Crippen molar-refractivity contribution in [2.45, 2.75) is 32.7 Å². The lowest BCUT2D eigenvalue weighted by Crippen LogP contribution is -2.12. The van der Waals surface area contributed by atoms with Crippen LogP contribution in [0.4, 0.5) is 0 Å². The number of hydrogen-bond acceptors (Lipinski definition) is 5. The van der Waals surface area contributed by atoms with Crippen LogP contribution in [0.5, 0.6) is 17.2 Å². The van der Waals surface area contributed by atoms with Crippen LogP contribution in [0.15, 0.2) is 29.1 Å². The van der Waals surface area contributed by atoms with Crippen LogP contribution in [0.25, 0.3) is 11.1 Å². The molecule has 2 aromatic carbocycles. The van der Waals surface area contributed by atoms with Crippen molar-refractivity contribution in [3.8, 4) is 28.4 Å². The molecule has 0 unspecified atom stereocenters. The fraction of sp³-hybridized carbons (Fsp3) is 0.381. The number of hydrogen-bond donors (Lipinski definition) is 1. The van der Waals surface area contributed by atoms with Crippen LogP contribution >= 0.6 is 0 Å². The number of aryl methyl sites for hydroxylation is 2. The molecule has 1 aliphatic carbocycles. The highest BCUT2D eigenvalue weighted by molar-refractivity contribution is 5.82. The van der Waals surface area contributed by atoms with E-state index in [4.69, 9.17) is 19.9 Å². The van der Waals surface area contributed by atoms with Gasteiger partial charge in [0.15, 0.2) is 16.9 Å². The van der Waals surface area contributed by atoms with Gasteiger partial charge in [0.25, 0.3) is 0 Å². The predicted octanol–water partition coefficient (Wildman–Crippen LogP) is 3.38. The van der Waals surface area contributed by atoms with Gasteiger partial charge in [0, 0.05) is 11.6 Å². The van der Waals surface area contributed by atoms with Gasteiger partial charge in [-0.05, 0) is 61.1 Å². The molecule has 0 aliphatic heterocycles. The van der Waals surface area contributed by atoms with Gasteiger partial charge in [-0.25, -0.2) is 0 Å². The van der Waals surface area contributed by atoms with E-state index in [1.807, 2.05) is 32.0 Å². The molecular weight excluding hydrogens is 330 g/mol. The standard InChI is InChI=1S/C21H25NO4/c1-5-26-18-10-13-7-9-16(22)15-11-17(23)12(2)6-8-14(15)19(13)21(25-4)20(18)24-3/h6,8,10-11,16H,5,7,9,22H2,1-4H3/t16-/m0/s1. The second kappa shape index (κ2) is 7.38. The van der Waals surface area contributed by atoms with Gasteiger partial charge in [-0.15, -0.1) is 0 Å². The van der Waals surface area contributed by atoms with Gasteiger partial charge < -0.3 is 19.9 Å². The number of nitrogens with two attached hydrogens (primary N) is 1. The van der Waals surface area contributed by atoms with Crippen molar-refractivity contribution in [3.63, 3.8) is 0 Å². The van der Waals surface area contributed by atoms with Crippen molar-refractivity contribution in [2.75, 3.05) is 20.8 Å². The Labute approximate surface area is 153 Å². The predicted molar refractivity (Wildman–Crippen MR) is 102 cm³/mol. The van der Waals surface area contributed by atoms with E-state index in [0.717, 1.165) is 35.1 Å². The summed E-state index contributed by atoms with van der Waals surface area (Å²) < 4.78 is 17.1. The van der Waals surface area contributed by atoms with Gasteiger partial charge >= 0.3 is 0 Å². The molecule has 0 radical (unpaired) electrons. The lowest BCUT2D eigenvalue weighted by molar-refractivity contribution is 0.296. The molecule has 5 nitrogen and oxygen atoms in total. The van der Waals surface area contributed by atoms with E-state index in [9.17, 15) is 4.79 Å². The Balaban J connectivity index is 2.41. The maximum atomic E-state index is 12.3. The minimum atomic E-state index is -0.219. The lowest BCUT2D eigenvalue weighted by Gasteiger charge is -2.19. The first kappa shape index (κ1) is 18.3. The van der Waals surface area contributed by atoms with Crippen LogP contribution in [-0.4, -0.2) is 20.8 Å². The summed E-state index contributed by atoms with van der Waals surface area (Å²) in [5.41, 5.74) is 10.8. The van der Waals surface area contributed by atoms with Gasteiger partial charge in [0.2, 0.25) is 5.75 Å². The SMILES string of the molecule is CCOc1cc2c(c(OC)c1OC)-c1ccc(C)c(=O)cc1[C@@H](N)CC2. The molecular formula is C21H25NO4. The van der Waals surface area contributed by atoms with Crippen molar-refractivity contribution < 1.29 is 14.2 Å². The molecule has 2 N–H and O–H groups in total. The Bertz CT molecular complexity index is 892. The van der Waals surface area contributed by atoms with E-state index in [-0.39, 0.29) is 11.5 Å². The Kier molecular flexibility index (Phi) is 5.18.